The van der Waals surface area contributed by atoms with E-state index in [2.05, 4.69) is 26.1 Å². The summed E-state index contributed by atoms with van der Waals surface area (Å²) in [5.41, 5.74) is 2.32. The van der Waals surface area contributed by atoms with Gasteiger partial charge in [-0.05, 0) is 37.1 Å². The lowest BCUT2D eigenvalue weighted by Gasteiger charge is -2.23. The Balaban J connectivity index is 1.68. The van der Waals surface area contributed by atoms with Crippen LogP contribution >= 0.6 is 22.9 Å². The molecule has 0 saturated carbocycles. The van der Waals surface area contributed by atoms with Crippen molar-refractivity contribution in [2.45, 2.75) is 33.2 Å². The molecule has 0 saturated heterocycles. The molecule has 0 aliphatic carbocycles. The van der Waals surface area contributed by atoms with E-state index in [0.717, 1.165) is 17.2 Å². The van der Waals surface area contributed by atoms with Crippen LogP contribution in [0.25, 0.3) is 10.6 Å². The van der Waals surface area contributed by atoms with Gasteiger partial charge in [-0.1, -0.05) is 67.0 Å². The number of rotatable bonds is 7. The molecule has 0 aliphatic rings. The zero-order chi connectivity index (χ0) is 23.3. The minimum atomic E-state index is -0.817. The van der Waals surface area contributed by atoms with Crippen molar-refractivity contribution < 1.29 is 14.0 Å². The average Bonchev–Trinajstić information content (AvgIpc) is 3.22. The third kappa shape index (κ3) is 6.02. The third-order valence-corrected chi connectivity index (χ3v) is 6.06. The smallest absolute Gasteiger partial charge is 0.319 e. The second-order valence-electron chi connectivity index (χ2n) is 7.36. The molecule has 1 aromatic heterocycles. The molecule has 10 heteroatoms. The zero-order valence-corrected chi connectivity index (χ0v) is 19.4. The van der Waals surface area contributed by atoms with Gasteiger partial charge in [0.1, 0.15) is 16.9 Å². The van der Waals surface area contributed by atoms with Crippen LogP contribution in [0.15, 0.2) is 42.5 Å². The van der Waals surface area contributed by atoms with Crippen LogP contribution in [0.3, 0.4) is 0 Å². The summed E-state index contributed by atoms with van der Waals surface area (Å²) in [6, 6.07) is 10.2. The Kier molecular flexibility index (Phi) is 7.76. The molecular weight excluding hydrogens is 453 g/mol. The van der Waals surface area contributed by atoms with Gasteiger partial charge in [0.15, 0.2) is 0 Å². The predicted octanol–water partition coefficient (Wildman–Crippen LogP) is 5.48. The largest absolute Gasteiger partial charge is 0.326 e. The lowest BCUT2D eigenvalue weighted by atomic mass is 9.98. The normalized spacial score (nSPS) is 12.7. The highest BCUT2D eigenvalue weighted by molar-refractivity contribution is 7.18. The first kappa shape index (κ1) is 23.6. The van der Waals surface area contributed by atoms with E-state index in [1.165, 1.54) is 23.5 Å². The molecule has 7 nitrogen and oxygen atoms in total. The van der Waals surface area contributed by atoms with E-state index in [1.54, 1.807) is 0 Å². The molecule has 2 atom stereocenters. The standard InChI is InChI=1S/C22H23ClFN5O2S/c1-4-13(3)18(26-21(31)25-15-8-9-17(24)16(23)11-15)19(30)27-22-29-28-20(32-22)14-7-5-6-12(2)10-14/h5-11,13,18H,4H2,1-3H3,(H2,25,26,31)(H,27,29,30)/t13-,18-/m1/s1. The van der Waals surface area contributed by atoms with E-state index < -0.39 is 23.8 Å². The van der Waals surface area contributed by atoms with Gasteiger partial charge in [-0.15, -0.1) is 10.2 Å². The molecule has 0 bridgehead atoms. The summed E-state index contributed by atoms with van der Waals surface area (Å²) in [4.78, 5) is 25.4. The van der Waals surface area contributed by atoms with Crippen molar-refractivity contribution in [3.05, 3.63) is 58.9 Å². The first-order valence-electron chi connectivity index (χ1n) is 10.0. The number of nitrogens with one attached hydrogen (secondary N) is 3. The maximum Gasteiger partial charge on any atom is 0.319 e. The summed E-state index contributed by atoms with van der Waals surface area (Å²) in [5, 5.41) is 17.1. The maximum absolute atomic E-state index is 13.3. The fourth-order valence-electron chi connectivity index (χ4n) is 2.94. The van der Waals surface area contributed by atoms with Gasteiger partial charge in [0.25, 0.3) is 0 Å². The average molecular weight is 476 g/mol. The van der Waals surface area contributed by atoms with Gasteiger partial charge >= 0.3 is 6.03 Å². The Bertz CT molecular complexity index is 1120. The topological polar surface area (TPSA) is 96.0 Å². The fourth-order valence-corrected chi connectivity index (χ4v) is 3.86. The molecule has 3 rings (SSSR count). The highest BCUT2D eigenvalue weighted by Crippen LogP contribution is 2.27. The molecule has 168 valence electrons. The predicted molar refractivity (Wildman–Crippen MR) is 126 cm³/mol. The lowest BCUT2D eigenvalue weighted by molar-refractivity contribution is -0.119. The first-order chi connectivity index (χ1) is 15.3. The molecule has 3 aromatic rings. The van der Waals surface area contributed by atoms with Crippen LogP contribution < -0.4 is 16.0 Å². The molecule has 0 spiro atoms. The number of halogens is 2. The number of hydrogen-bond donors (Lipinski definition) is 3. The maximum atomic E-state index is 13.3. The van der Waals surface area contributed by atoms with Crippen LogP contribution in [0.5, 0.6) is 0 Å². The lowest BCUT2D eigenvalue weighted by Crippen LogP contribution is -2.49. The Labute approximate surface area is 194 Å². The number of urea groups is 1. The van der Waals surface area contributed by atoms with Crippen LogP contribution in [0.1, 0.15) is 25.8 Å². The highest BCUT2D eigenvalue weighted by atomic mass is 35.5. The van der Waals surface area contributed by atoms with Crippen molar-refractivity contribution in [2.24, 2.45) is 5.92 Å². The molecule has 0 radical (unpaired) electrons. The number of carbonyl (C=O) groups is 2. The van der Waals surface area contributed by atoms with Crippen LogP contribution in [0.4, 0.5) is 20.0 Å². The van der Waals surface area contributed by atoms with Crippen molar-refractivity contribution in [1.82, 2.24) is 15.5 Å². The van der Waals surface area contributed by atoms with Gasteiger partial charge < -0.3 is 10.6 Å². The minimum Gasteiger partial charge on any atom is -0.326 e. The number of aromatic nitrogens is 2. The molecule has 0 fully saturated rings. The quantitative estimate of drug-likeness (QED) is 0.421. The van der Waals surface area contributed by atoms with E-state index in [9.17, 15) is 14.0 Å². The van der Waals surface area contributed by atoms with Crippen LogP contribution in [-0.4, -0.2) is 28.2 Å². The zero-order valence-electron chi connectivity index (χ0n) is 17.8. The monoisotopic (exact) mass is 475 g/mol. The van der Waals surface area contributed by atoms with Crippen molar-refractivity contribution in [3.63, 3.8) is 0 Å². The van der Waals surface area contributed by atoms with Crippen molar-refractivity contribution in [2.75, 3.05) is 10.6 Å². The minimum absolute atomic E-state index is 0.111. The second-order valence-corrected chi connectivity index (χ2v) is 8.75. The van der Waals surface area contributed by atoms with E-state index in [1.807, 2.05) is 45.0 Å². The van der Waals surface area contributed by atoms with E-state index >= 15 is 0 Å². The van der Waals surface area contributed by atoms with Crippen LogP contribution in [-0.2, 0) is 4.79 Å². The molecule has 1 heterocycles. The second kappa shape index (κ2) is 10.5. The fraction of sp³-hybridized carbons (Fsp3) is 0.273. The number of nitrogens with zero attached hydrogens (tertiary/aromatic N) is 2. The third-order valence-electron chi connectivity index (χ3n) is 4.88. The Morgan fingerprint density at radius 2 is 1.94 bits per heavy atom. The summed E-state index contributed by atoms with van der Waals surface area (Å²) >= 11 is 7.00. The Morgan fingerprint density at radius 3 is 2.62 bits per heavy atom. The molecule has 0 aliphatic heterocycles. The molecule has 2 aromatic carbocycles. The summed E-state index contributed by atoms with van der Waals surface area (Å²) in [6.45, 7) is 5.77. The van der Waals surface area contributed by atoms with Crippen molar-refractivity contribution in [1.29, 1.82) is 0 Å². The number of carbonyl (C=O) groups excluding carboxylic acids is 2. The van der Waals surface area contributed by atoms with E-state index in [0.29, 0.717) is 22.2 Å². The molecular formula is C22H23ClFN5O2S. The van der Waals surface area contributed by atoms with Gasteiger partial charge in [0, 0.05) is 11.3 Å². The summed E-state index contributed by atoms with van der Waals surface area (Å²) in [5.74, 6) is -1.14. The number of anilines is 2. The van der Waals surface area contributed by atoms with Gasteiger partial charge in [-0.3, -0.25) is 10.1 Å². The van der Waals surface area contributed by atoms with E-state index in [-0.39, 0.29) is 10.9 Å². The first-order valence-corrected chi connectivity index (χ1v) is 11.2. The van der Waals surface area contributed by atoms with Gasteiger partial charge in [0.05, 0.1) is 5.02 Å². The molecule has 0 unspecified atom stereocenters. The Hall–Kier alpha value is -3.04. The van der Waals surface area contributed by atoms with E-state index in [4.69, 9.17) is 11.6 Å². The SMILES string of the molecule is CC[C@@H](C)[C@@H](NC(=O)Nc1ccc(F)c(Cl)c1)C(=O)Nc1nnc(-c2cccc(C)c2)s1. The Morgan fingerprint density at radius 1 is 1.16 bits per heavy atom. The molecule has 32 heavy (non-hydrogen) atoms. The molecule has 3 N–H and O–H groups in total. The number of aryl methyl sites for hydroxylation is 1. The number of amides is 3. The van der Waals surface area contributed by atoms with Gasteiger partial charge in [-0.25, -0.2) is 9.18 Å². The van der Waals surface area contributed by atoms with Crippen molar-refractivity contribution >= 4 is 45.7 Å². The number of benzene rings is 2. The number of hydrogen-bond acceptors (Lipinski definition) is 5. The summed E-state index contributed by atoms with van der Waals surface area (Å²) in [7, 11) is 0. The molecule has 3 amide bonds. The highest BCUT2D eigenvalue weighted by Gasteiger charge is 2.27. The van der Waals surface area contributed by atoms with Crippen LogP contribution in [0.2, 0.25) is 5.02 Å². The van der Waals surface area contributed by atoms with Gasteiger partial charge in [-0.2, -0.15) is 0 Å². The van der Waals surface area contributed by atoms with Gasteiger partial charge in [0.2, 0.25) is 11.0 Å². The summed E-state index contributed by atoms with van der Waals surface area (Å²) in [6.07, 6.45) is 0.658. The van der Waals surface area contributed by atoms with Crippen LogP contribution in [0, 0.1) is 18.7 Å². The summed E-state index contributed by atoms with van der Waals surface area (Å²) < 4.78 is 13.3. The van der Waals surface area contributed by atoms with Crippen molar-refractivity contribution in [3.8, 4) is 10.6 Å².